The number of rotatable bonds is 3. The van der Waals surface area contributed by atoms with E-state index in [9.17, 15) is 4.79 Å². The molecule has 0 radical (unpaired) electrons. The molecule has 0 atom stereocenters. The molecule has 3 nitrogen and oxygen atoms in total. The molecule has 1 aromatic rings. The summed E-state index contributed by atoms with van der Waals surface area (Å²) in [5.74, 6) is -0.345. The first-order valence-electron chi connectivity index (χ1n) is 5.01. The van der Waals surface area contributed by atoms with Crippen LogP contribution in [0.3, 0.4) is 0 Å². The molecule has 1 aromatic carbocycles. The molecule has 0 aliphatic rings. The lowest BCUT2D eigenvalue weighted by Crippen LogP contribution is -2.14. The van der Waals surface area contributed by atoms with E-state index in [1.165, 1.54) is 0 Å². The molecule has 5 heteroatoms. The number of benzene rings is 1. The first kappa shape index (κ1) is 13.9. The van der Waals surface area contributed by atoms with E-state index in [0.29, 0.717) is 10.7 Å². The van der Waals surface area contributed by atoms with Crippen LogP contribution in [0.1, 0.15) is 5.56 Å². The van der Waals surface area contributed by atoms with Gasteiger partial charge in [0.05, 0.1) is 0 Å². The van der Waals surface area contributed by atoms with Crippen LogP contribution in [0, 0.1) is 6.92 Å². The molecule has 1 N–H and O–H groups in total. The average molecular weight is 273 g/mol. The van der Waals surface area contributed by atoms with E-state index in [0.717, 1.165) is 5.56 Å². The van der Waals surface area contributed by atoms with Gasteiger partial charge < -0.3 is 10.2 Å². The second kappa shape index (κ2) is 5.94. The Kier molecular flexibility index (Phi) is 4.85. The van der Waals surface area contributed by atoms with Gasteiger partial charge in [-0.15, -0.1) is 0 Å². The highest BCUT2D eigenvalue weighted by atomic mass is 35.5. The van der Waals surface area contributed by atoms with Gasteiger partial charge in [-0.3, -0.25) is 4.79 Å². The van der Waals surface area contributed by atoms with Crippen LogP contribution >= 0.6 is 23.2 Å². The Hall–Kier alpha value is -1.19. The number of nitrogens with one attached hydrogen (secondary N) is 1. The predicted molar refractivity (Wildman–Crippen MR) is 72.4 cm³/mol. The molecule has 0 unspecified atom stereocenters. The largest absolute Gasteiger partial charge is 0.382 e. The number of hydrogen-bond donors (Lipinski definition) is 1. The summed E-state index contributed by atoms with van der Waals surface area (Å²) in [6, 6.07) is 5.25. The maximum atomic E-state index is 11.7. The highest BCUT2D eigenvalue weighted by molar-refractivity contribution is 6.43. The first-order valence-corrected chi connectivity index (χ1v) is 5.77. The standard InChI is InChI=1S/C12H14Cl2N2O/c1-8-6-9(4-5-10(8)13)15-12(17)11(14)7-16(2)3/h4-7H,1-3H3,(H,15,17)/b11-7-. The summed E-state index contributed by atoms with van der Waals surface area (Å²) in [5.41, 5.74) is 1.57. The van der Waals surface area contributed by atoms with Gasteiger partial charge in [-0.1, -0.05) is 23.2 Å². The maximum absolute atomic E-state index is 11.7. The third-order valence-electron chi connectivity index (χ3n) is 2.00. The van der Waals surface area contributed by atoms with Crippen molar-refractivity contribution in [2.45, 2.75) is 6.92 Å². The Morgan fingerprint density at radius 1 is 1.41 bits per heavy atom. The molecular weight excluding hydrogens is 259 g/mol. The molecule has 0 saturated carbocycles. The minimum Gasteiger partial charge on any atom is -0.382 e. The van der Waals surface area contributed by atoms with E-state index in [1.807, 2.05) is 6.92 Å². The summed E-state index contributed by atoms with van der Waals surface area (Å²) in [6.45, 7) is 1.87. The zero-order chi connectivity index (χ0) is 13.0. The lowest BCUT2D eigenvalue weighted by atomic mass is 10.2. The van der Waals surface area contributed by atoms with E-state index in [-0.39, 0.29) is 10.9 Å². The third-order valence-corrected chi connectivity index (χ3v) is 2.70. The third kappa shape index (κ3) is 4.29. The van der Waals surface area contributed by atoms with Crippen molar-refractivity contribution in [2.24, 2.45) is 0 Å². The van der Waals surface area contributed by atoms with Crippen LogP contribution in [-0.4, -0.2) is 24.9 Å². The Bertz CT molecular complexity index is 456. The number of carbonyl (C=O) groups is 1. The minimum atomic E-state index is -0.345. The van der Waals surface area contributed by atoms with Crippen molar-refractivity contribution in [1.29, 1.82) is 0 Å². The SMILES string of the molecule is Cc1cc(NC(=O)/C(Cl)=C/N(C)C)ccc1Cl. The summed E-state index contributed by atoms with van der Waals surface area (Å²) in [5, 5.41) is 3.48. The summed E-state index contributed by atoms with van der Waals surface area (Å²) in [4.78, 5) is 13.4. The van der Waals surface area contributed by atoms with Gasteiger partial charge >= 0.3 is 0 Å². The Balaban J connectivity index is 2.78. The van der Waals surface area contributed by atoms with Gasteiger partial charge in [-0.2, -0.15) is 0 Å². The number of hydrogen-bond acceptors (Lipinski definition) is 2. The summed E-state index contributed by atoms with van der Waals surface area (Å²) >= 11 is 11.7. The zero-order valence-corrected chi connectivity index (χ0v) is 11.4. The number of amides is 1. The summed E-state index contributed by atoms with van der Waals surface area (Å²) < 4.78 is 0. The first-order chi connectivity index (χ1) is 7.90. The number of anilines is 1. The van der Waals surface area contributed by atoms with Crippen LogP contribution in [-0.2, 0) is 4.79 Å². The van der Waals surface area contributed by atoms with Crippen molar-refractivity contribution in [1.82, 2.24) is 4.90 Å². The van der Waals surface area contributed by atoms with Crippen molar-refractivity contribution in [2.75, 3.05) is 19.4 Å². The Labute approximate surface area is 111 Å². The van der Waals surface area contributed by atoms with E-state index in [4.69, 9.17) is 23.2 Å². The number of carbonyl (C=O) groups excluding carboxylic acids is 1. The second-order valence-corrected chi connectivity index (χ2v) is 4.67. The Morgan fingerprint density at radius 2 is 2.06 bits per heavy atom. The molecule has 0 aliphatic heterocycles. The molecule has 0 fully saturated rings. The van der Waals surface area contributed by atoms with E-state index >= 15 is 0 Å². The van der Waals surface area contributed by atoms with Gasteiger partial charge in [0.25, 0.3) is 5.91 Å². The molecule has 0 aliphatic carbocycles. The molecule has 0 spiro atoms. The lowest BCUT2D eigenvalue weighted by molar-refractivity contribution is -0.112. The lowest BCUT2D eigenvalue weighted by Gasteiger charge is -2.08. The Morgan fingerprint density at radius 3 is 2.59 bits per heavy atom. The molecular formula is C12H14Cl2N2O. The summed E-state index contributed by atoms with van der Waals surface area (Å²) in [6.07, 6.45) is 1.54. The van der Waals surface area contributed by atoms with Crippen molar-refractivity contribution < 1.29 is 4.79 Å². The molecule has 0 heterocycles. The molecule has 0 aromatic heterocycles. The highest BCUT2D eigenvalue weighted by Gasteiger charge is 2.08. The monoisotopic (exact) mass is 272 g/mol. The van der Waals surface area contributed by atoms with Crippen LogP contribution in [0.2, 0.25) is 5.02 Å². The van der Waals surface area contributed by atoms with Crippen molar-refractivity contribution >= 4 is 34.8 Å². The topological polar surface area (TPSA) is 32.3 Å². The second-order valence-electron chi connectivity index (χ2n) is 3.86. The minimum absolute atomic E-state index is 0.127. The fourth-order valence-corrected chi connectivity index (χ4v) is 1.56. The molecule has 92 valence electrons. The molecule has 17 heavy (non-hydrogen) atoms. The van der Waals surface area contributed by atoms with Crippen molar-refractivity contribution in [3.63, 3.8) is 0 Å². The van der Waals surface area contributed by atoms with Gasteiger partial charge in [0.2, 0.25) is 0 Å². The van der Waals surface area contributed by atoms with Gasteiger partial charge in [-0.25, -0.2) is 0 Å². The fourth-order valence-electron chi connectivity index (χ4n) is 1.20. The van der Waals surface area contributed by atoms with Crippen LogP contribution in [0.25, 0.3) is 0 Å². The van der Waals surface area contributed by atoms with Gasteiger partial charge in [-0.05, 0) is 30.7 Å². The van der Waals surface area contributed by atoms with Gasteiger partial charge in [0.1, 0.15) is 5.03 Å². The van der Waals surface area contributed by atoms with Crippen LogP contribution in [0.4, 0.5) is 5.69 Å². The maximum Gasteiger partial charge on any atom is 0.268 e. The molecule has 0 bridgehead atoms. The number of halogens is 2. The van der Waals surface area contributed by atoms with E-state index in [1.54, 1.807) is 43.4 Å². The predicted octanol–water partition coefficient (Wildman–Crippen LogP) is 3.23. The van der Waals surface area contributed by atoms with Crippen LogP contribution in [0.5, 0.6) is 0 Å². The highest BCUT2D eigenvalue weighted by Crippen LogP contribution is 2.20. The molecule has 1 amide bonds. The van der Waals surface area contributed by atoms with E-state index < -0.39 is 0 Å². The van der Waals surface area contributed by atoms with E-state index in [2.05, 4.69) is 5.32 Å². The smallest absolute Gasteiger partial charge is 0.268 e. The molecule has 1 rings (SSSR count). The average Bonchev–Trinajstić information content (AvgIpc) is 2.22. The van der Waals surface area contributed by atoms with Crippen LogP contribution in [0.15, 0.2) is 29.4 Å². The quantitative estimate of drug-likeness (QED) is 0.857. The van der Waals surface area contributed by atoms with Crippen molar-refractivity contribution in [3.8, 4) is 0 Å². The zero-order valence-electron chi connectivity index (χ0n) is 9.92. The van der Waals surface area contributed by atoms with Gasteiger partial charge in [0.15, 0.2) is 0 Å². The van der Waals surface area contributed by atoms with Gasteiger partial charge in [0, 0.05) is 31.0 Å². The molecule has 0 saturated heterocycles. The number of nitrogens with zero attached hydrogens (tertiary/aromatic N) is 1. The number of aryl methyl sites for hydroxylation is 1. The summed E-state index contributed by atoms with van der Waals surface area (Å²) in [7, 11) is 3.59. The normalized spacial score (nSPS) is 11.2. The van der Waals surface area contributed by atoms with Crippen molar-refractivity contribution in [3.05, 3.63) is 40.0 Å². The van der Waals surface area contributed by atoms with Crippen LogP contribution < -0.4 is 5.32 Å². The fraction of sp³-hybridized carbons (Fsp3) is 0.250.